The first kappa shape index (κ1) is 17.1. The van der Waals surface area contributed by atoms with Crippen molar-refractivity contribution in [2.75, 3.05) is 0 Å². The van der Waals surface area contributed by atoms with E-state index in [4.69, 9.17) is 10.8 Å². The molecule has 0 fully saturated rings. The number of aliphatic carboxylic acids is 1. The molecule has 0 spiro atoms. The largest absolute Gasteiger partial charge is 0.480 e. The van der Waals surface area contributed by atoms with Gasteiger partial charge in [-0.3, -0.25) is 9.59 Å². The number of carboxylic acids is 1. The predicted molar refractivity (Wildman–Crippen MR) is 76.1 cm³/mol. The molecule has 21 heavy (non-hydrogen) atoms. The van der Waals surface area contributed by atoms with Gasteiger partial charge in [0.05, 0.1) is 4.90 Å². The highest BCUT2D eigenvalue weighted by atomic mass is 32.2. The fraction of sp³-hybridized carbons (Fsp3) is 0.385. The topological polar surface area (TPSA) is 127 Å². The Bertz CT molecular complexity index is 634. The van der Waals surface area contributed by atoms with E-state index in [2.05, 4.69) is 4.72 Å². The molecule has 116 valence electrons. The molecular formula is C13H18N2O5S. The maximum Gasteiger partial charge on any atom is 0.321 e. The van der Waals surface area contributed by atoms with Crippen LogP contribution in [0.3, 0.4) is 0 Å². The lowest BCUT2D eigenvalue weighted by Crippen LogP contribution is -2.41. The second-order valence-corrected chi connectivity index (χ2v) is 6.55. The highest BCUT2D eigenvalue weighted by molar-refractivity contribution is 7.89. The predicted octanol–water partition coefficient (Wildman–Crippen LogP) is 0.300. The number of aryl methyl sites for hydroxylation is 2. The molecular weight excluding hydrogens is 296 g/mol. The molecule has 0 aromatic heterocycles. The molecule has 1 atom stereocenters. The van der Waals surface area contributed by atoms with Crippen LogP contribution >= 0.6 is 0 Å². The van der Waals surface area contributed by atoms with E-state index < -0.39 is 27.9 Å². The number of rotatable bonds is 7. The quantitative estimate of drug-likeness (QED) is 0.667. The summed E-state index contributed by atoms with van der Waals surface area (Å²) in [4.78, 5) is 21.8. The van der Waals surface area contributed by atoms with E-state index in [1.165, 1.54) is 12.1 Å². The summed E-state index contributed by atoms with van der Waals surface area (Å²) < 4.78 is 26.5. The van der Waals surface area contributed by atoms with Crippen LogP contribution in [0.15, 0.2) is 23.1 Å². The molecule has 0 saturated heterocycles. The van der Waals surface area contributed by atoms with E-state index in [9.17, 15) is 18.0 Å². The summed E-state index contributed by atoms with van der Waals surface area (Å²) in [7, 11) is -3.98. The van der Waals surface area contributed by atoms with Crippen LogP contribution in [-0.2, 0) is 19.6 Å². The second kappa shape index (κ2) is 6.68. The molecule has 1 aromatic carbocycles. The van der Waals surface area contributed by atoms with Crippen molar-refractivity contribution in [3.05, 3.63) is 29.3 Å². The van der Waals surface area contributed by atoms with Crippen molar-refractivity contribution in [2.24, 2.45) is 5.73 Å². The summed E-state index contributed by atoms with van der Waals surface area (Å²) in [5.41, 5.74) is 6.45. The summed E-state index contributed by atoms with van der Waals surface area (Å²) in [6.45, 7) is 3.49. The van der Waals surface area contributed by atoms with Gasteiger partial charge in [0.25, 0.3) is 0 Å². The molecule has 4 N–H and O–H groups in total. The Morgan fingerprint density at radius 2 is 1.76 bits per heavy atom. The SMILES string of the molecule is Cc1cc(C)cc(S(=O)(=O)N[C@@H](CCC(N)=O)C(=O)O)c1. The van der Waals surface area contributed by atoms with Crippen molar-refractivity contribution >= 4 is 21.9 Å². The molecule has 0 bridgehead atoms. The number of carbonyl (C=O) groups excluding carboxylic acids is 1. The van der Waals surface area contributed by atoms with Gasteiger partial charge in [0, 0.05) is 6.42 Å². The summed E-state index contributed by atoms with van der Waals surface area (Å²) in [6.07, 6.45) is -0.416. The molecule has 7 nitrogen and oxygen atoms in total. The standard InChI is InChI=1S/C13H18N2O5S/c1-8-5-9(2)7-10(6-8)21(19,20)15-11(13(17)18)3-4-12(14)16/h5-7,11,15H,3-4H2,1-2H3,(H2,14,16)(H,17,18)/t11-/m0/s1. The van der Waals surface area contributed by atoms with Gasteiger partial charge in [0.1, 0.15) is 6.04 Å². The van der Waals surface area contributed by atoms with Gasteiger partial charge >= 0.3 is 5.97 Å². The summed E-state index contributed by atoms with van der Waals surface area (Å²) in [6, 6.07) is 3.30. The minimum Gasteiger partial charge on any atom is -0.480 e. The Morgan fingerprint density at radius 3 is 2.19 bits per heavy atom. The van der Waals surface area contributed by atoms with E-state index >= 15 is 0 Å². The number of hydrogen-bond donors (Lipinski definition) is 3. The lowest BCUT2D eigenvalue weighted by molar-refractivity contribution is -0.139. The van der Waals surface area contributed by atoms with Gasteiger partial charge < -0.3 is 10.8 Å². The minimum absolute atomic E-state index is 0.00896. The van der Waals surface area contributed by atoms with E-state index in [1.807, 2.05) is 0 Å². The number of sulfonamides is 1. The van der Waals surface area contributed by atoms with E-state index in [0.717, 1.165) is 11.1 Å². The molecule has 0 unspecified atom stereocenters. The van der Waals surface area contributed by atoms with Crippen molar-refractivity contribution in [3.63, 3.8) is 0 Å². The third-order valence-corrected chi connectivity index (χ3v) is 4.23. The number of benzene rings is 1. The molecule has 0 radical (unpaired) electrons. The number of carbonyl (C=O) groups is 2. The van der Waals surface area contributed by atoms with Crippen molar-refractivity contribution in [3.8, 4) is 0 Å². The average Bonchev–Trinajstić information content (AvgIpc) is 2.32. The van der Waals surface area contributed by atoms with Crippen LogP contribution in [0.4, 0.5) is 0 Å². The third-order valence-electron chi connectivity index (χ3n) is 2.78. The Balaban J connectivity index is 3.00. The number of primary amides is 1. The zero-order valence-electron chi connectivity index (χ0n) is 11.8. The first-order valence-corrected chi connectivity index (χ1v) is 7.72. The fourth-order valence-corrected chi connectivity index (χ4v) is 3.27. The molecule has 1 aromatic rings. The maximum absolute atomic E-state index is 12.2. The Labute approximate surface area is 123 Å². The van der Waals surface area contributed by atoms with E-state index in [0.29, 0.717) is 0 Å². The Kier molecular flexibility index (Phi) is 5.45. The van der Waals surface area contributed by atoms with Crippen LogP contribution in [0.25, 0.3) is 0 Å². The Morgan fingerprint density at radius 1 is 1.24 bits per heavy atom. The molecule has 0 aliphatic rings. The van der Waals surface area contributed by atoms with Crippen LogP contribution in [0.1, 0.15) is 24.0 Å². The monoisotopic (exact) mass is 314 g/mol. The molecule has 1 rings (SSSR count). The van der Waals surface area contributed by atoms with Crippen LogP contribution in [0.5, 0.6) is 0 Å². The number of hydrogen-bond acceptors (Lipinski definition) is 4. The molecule has 1 amide bonds. The smallest absolute Gasteiger partial charge is 0.321 e. The summed E-state index contributed by atoms with van der Waals surface area (Å²) in [5.74, 6) is -2.05. The Hall–Kier alpha value is -1.93. The second-order valence-electron chi connectivity index (χ2n) is 4.84. The molecule has 0 aliphatic heterocycles. The zero-order valence-corrected chi connectivity index (χ0v) is 12.6. The fourth-order valence-electron chi connectivity index (χ4n) is 1.86. The lowest BCUT2D eigenvalue weighted by atomic mass is 10.2. The van der Waals surface area contributed by atoms with Crippen LogP contribution in [0.2, 0.25) is 0 Å². The minimum atomic E-state index is -3.98. The molecule has 0 aliphatic carbocycles. The van der Waals surface area contributed by atoms with Gasteiger partial charge in [0.15, 0.2) is 0 Å². The molecule has 0 saturated carbocycles. The number of carboxylic acid groups (broad SMARTS) is 1. The molecule has 8 heteroatoms. The number of amides is 1. The molecule has 0 heterocycles. The highest BCUT2D eigenvalue weighted by Gasteiger charge is 2.25. The zero-order chi connectivity index (χ0) is 16.2. The third kappa shape index (κ3) is 5.16. The van der Waals surface area contributed by atoms with Gasteiger partial charge in [-0.2, -0.15) is 4.72 Å². The van der Waals surface area contributed by atoms with Gasteiger partial charge in [-0.1, -0.05) is 6.07 Å². The van der Waals surface area contributed by atoms with Crippen molar-refractivity contribution in [2.45, 2.75) is 37.6 Å². The lowest BCUT2D eigenvalue weighted by Gasteiger charge is -2.14. The van der Waals surface area contributed by atoms with Gasteiger partial charge in [-0.05, 0) is 43.5 Å². The van der Waals surface area contributed by atoms with Gasteiger partial charge in [-0.25, -0.2) is 8.42 Å². The first-order chi connectivity index (χ1) is 9.61. The first-order valence-electron chi connectivity index (χ1n) is 6.23. The summed E-state index contributed by atoms with van der Waals surface area (Å²) >= 11 is 0. The van der Waals surface area contributed by atoms with E-state index in [-0.39, 0.29) is 17.7 Å². The maximum atomic E-state index is 12.2. The summed E-state index contributed by atoms with van der Waals surface area (Å²) in [5, 5.41) is 9.03. The number of nitrogens with two attached hydrogens (primary N) is 1. The van der Waals surface area contributed by atoms with Crippen molar-refractivity contribution < 1.29 is 23.1 Å². The van der Waals surface area contributed by atoms with Crippen molar-refractivity contribution in [1.29, 1.82) is 0 Å². The highest BCUT2D eigenvalue weighted by Crippen LogP contribution is 2.15. The van der Waals surface area contributed by atoms with Crippen molar-refractivity contribution in [1.82, 2.24) is 4.72 Å². The number of nitrogens with one attached hydrogen (secondary N) is 1. The van der Waals surface area contributed by atoms with Crippen LogP contribution in [-0.4, -0.2) is 31.4 Å². The average molecular weight is 314 g/mol. The van der Waals surface area contributed by atoms with Crippen LogP contribution < -0.4 is 10.5 Å². The normalized spacial score (nSPS) is 12.9. The van der Waals surface area contributed by atoms with E-state index in [1.54, 1.807) is 19.9 Å². The van der Waals surface area contributed by atoms with Crippen LogP contribution in [0, 0.1) is 13.8 Å². The van der Waals surface area contributed by atoms with Gasteiger partial charge in [-0.15, -0.1) is 0 Å². The van der Waals surface area contributed by atoms with Gasteiger partial charge in [0.2, 0.25) is 15.9 Å².